The molecular formula is C19H31NO3. The summed E-state index contributed by atoms with van der Waals surface area (Å²) in [5.41, 5.74) is 0.156. The highest BCUT2D eigenvalue weighted by atomic mass is 16.5. The molecule has 130 valence electrons. The number of ether oxygens (including phenoxy) is 1. The third kappa shape index (κ3) is 4.60. The quantitative estimate of drug-likeness (QED) is 0.786. The lowest BCUT2D eigenvalue weighted by atomic mass is 9.65. The van der Waals surface area contributed by atoms with Crippen LogP contribution in [0.5, 0.6) is 0 Å². The summed E-state index contributed by atoms with van der Waals surface area (Å²) < 4.78 is 11.3. The number of hydrogen-bond acceptors (Lipinski definition) is 3. The first-order valence-electron chi connectivity index (χ1n) is 8.66. The standard InChI is InChI=1S/C19H31NO3/c1-15(2)19(9-12-23-18(4,5)14-19)8-10-20(16(3)21)13-17-7-6-11-22-17/h6-7,11,15H,8-10,12-14H2,1-5H3/t19-/m1/s1. The first-order valence-corrected chi connectivity index (χ1v) is 8.66. The zero-order chi connectivity index (χ0) is 17.1. The van der Waals surface area contributed by atoms with E-state index in [1.165, 1.54) is 0 Å². The molecule has 1 aliphatic heterocycles. The molecule has 1 aromatic rings. The van der Waals surface area contributed by atoms with Crippen molar-refractivity contribution in [2.75, 3.05) is 13.2 Å². The average molecular weight is 321 g/mol. The van der Waals surface area contributed by atoms with Gasteiger partial charge in [-0.25, -0.2) is 0 Å². The minimum absolute atomic E-state index is 0.0788. The van der Waals surface area contributed by atoms with Crippen LogP contribution in [0.4, 0.5) is 0 Å². The van der Waals surface area contributed by atoms with E-state index in [0.29, 0.717) is 12.5 Å². The van der Waals surface area contributed by atoms with Crippen molar-refractivity contribution in [3.8, 4) is 0 Å². The van der Waals surface area contributed by atoms with E-state index in [1.54, 1.807) is 13.2 Å². The fourth-order valence-electron chi connectivity index (χ4n) is 3.81. The molecule has 1 aliphatic rings. The summed E-state index contributed by atoms with van der Waals surface area (Å²) in [6, 6.07) is 3.79. The predicted octanol–water partition coefficient (Wildman–Crippen LogP) is 4.25. The van der Waals surface area contributed by atoms with Gasteiger partial charge < -0.3 is 14.1 Å². The summed E-state index contributed by atoms with van der Waals surface area (Å²) in [6.07, 6.45) is 4.78. The fraction of sp³-hybridized carbons (Fsp3) is 0.737. The number of carbonyl (C=O) groups is 1. The van der Waals surface area contributed by atoms with Crippen LogP contribution in [0.3, 0.4) is 0 Å². The van der Waals surface area contributed by atoms with Gasteiger partial charge in [-0.3, -0.25) is 4.79 Å². The number of carbonyl (C=O) groups excluding carboxylic acids is 1. The second kappa shape index (κ2) is 7.08. The molecule has 0 bridgehead atoms. The Kier molecular flexibility index (Phi) is 5.56. The van der Waals surface area contributed by atoms with Crippen LogP contribution in [0.1, 0.15) is 59.6 Å². The molecule has 4 nitrogen and oxygen atoms in total. The Labute approximate surface area is 140 Å². The van der Waals surface area contributed by atoms with Gasteiger partial charge in [0.15, 0.2) is 0 Å². The lowest BCUT2D eigenvalue weighted by Crippen LogP contribution is -2.46. The smallest absolute Gasteiger partial charge is 0.219 e. The summed E-state index contributed by atoms with van der Waals surface area (Å²) >= 11 is 0. The number of nitrogens with zero attached hydrogens (tertiary/aromatic N) is 1. The second-order valence-electron chi connectivity index (χ2n) is 7.82. The molecule has 4 heteroatoms. The Morgan fingerprint density at radius 3 is 2.65 bits per heavy atom. The third-order valence-electron chi connectivity index (χ3n) is 5.35. The molecule has 0 aromatic carbocycles. The Morgan fingerprint density at radius 2 is 2.13 bits per heavy atom. The summed E-state index contributed by atoms with van der Waals surface area (Å²) in [5.74, 6) is 1.51. The van der Waals surface area contributed by atoms with Crippen molar-refractivity contribution in [2.45, 2.75) is 66.0 Å². The van der Waals surface area contributed by atoms with Crippen LogP contribution in [0.2, 0.25) is 0 Å². The van der Waals surface area contributed by atoms with E-state index in [2.05, 4.69) is 27.7 Å². The van der Waals surface area contributed by atoms with Crippen molar-refractivity contribution in [3.63, 3.8) is 0 Å². The van der Waals surface area contributed by atoms with E-state index in [-0.39, 0.29) is 16.9 Å². The van der Waals surface area contributed by atoms with Crippen molar-refractivity contribution in [2.24, 2.45) is 11.3 Å². The van der Waals surface area contributed by atoms with Crippen LogP contribution < -0.4 is 0 Å². The van der Waals surface area contributed by atoms with Gasteiger partial charge in [-0.1, -0.05) is 13.8 Å². The molecule has 2 rings (SSSR count). The van der Waals surface area contributed by atoms with Crippen molar-refractivity contribution in [1.82, 2.24) is 4.90 Å². The Bertz CT molecular complexity index is 507. The first kappa shape index (κ1) is 18.1. The largest absolute Gasteiger partial charge is 0.467 e. The number of rotatable bonds is 6. The van der Waals surface area contributed by atoms with Crippen molar-refractivity contribution >= 4 is 5.91 Å². The van der Waals surface area contributed by atoms with E-state index in [0.717, 1.165) is 38.2 Å². The van der Waals surface area contributed by atoms with E-state index in [1.807, 2.05) is 17.0 Å². The van der Waals surface area contributed by atoms with Crippen molar-refractivity contribution in [3.05, 3.63) is 24.2 Å². The molecular weight excluding hydrogens is 290 g/mol. The van der Waals surface area contributed by atoms with Gasteiger partial charge in [0.25, 0.3) is 0 Å². The van der Waals surface area contributed by atoms with Gasteiger partial charge in [0.05, 0.1) is 18.4 Å². The van der Waals surface area contributed by atoms with Gasteiger partial charge in [-0.15, -0.1) is 0 Å². The summed E-state index contributed by atoms with van der Waals surface area (Å²) in [4.78, 5) is 13.9. The predicted molar refractivity (Wildman–Crippen MR) is 91.0 cm³/mol. The van der Waals surface area contributed by atoms with Gasteiger partial charge in [-0.05, 0) is 56.6 Å². The highest BCUT2D eigenvalue weighted by Crippen LogP contribution is 2.46. The third-order valence-corrected chi connectivity index (χ3v) is 5.35. The van der Waals surface area contributed by atoms with Crippen LogP contribution in [0.25, 0.3) is 0 Å². The normalized spacial score (nSPS) is 23.9. The van der Waals surface area contributed by atoms with E-state index in [9.17, 15) is 4.79 Å². The topological polar surface area (TPSA) is 42.7 Å². The molecule has 1 atom stereocenters. The number of furan rings is 1. The van der Waals surface area contributed by atoms with Crippen molar-refractivity contribution in [1.29, 1.82) is 0 Å². The van der Waals surface area contributed by atoms with Gasteiger partial charge in [-0.2, -0.15) is 0 Å². The maximum absolute atomic E-state index is 12.0. The molecule has 0 aliphatic carbocycles. The van der Waals surface area contributed by atoms with Crippen LogP contribution in [0, 0.1) is 11.3 Å². The van der Waals surface area contributed by atoms with Crippen LogP contribution in [0.15, 0.2) is 22.8 Å². The van der Waals surface area contributed by atoms with E-state index >= 15 is 0 Å². The molecule has 0 unspecified atom stereocenters. The van der Waals surface area contributed by atoms with Crippen LogP contribution >= 0.6 is 0 Å². The molecule has 1 fully saturated rings. The molecule has 1 amide bonds. The fourth-order valence-corrected chi connectivity index (χ4v) is 3.81. The Balaban J connectivity index is 2.05. The maximum atomic E-state index is 12.0. The number of hydrogen-bond donors (Lipinski definition) is 0. The average Bonchev–Trinajstić information content (AvgIpc) is 2.94. The highest BCUT2D eigenvalue weighted by Gasteiger charge is 2.42. The molecule has 0 radical (unpaired) electrons. The first-order chi connectivity index (χ1) is 10.7. The van der Waals surface area contributed by atoms with E-state index < -0.39 is 0 Å². The van der Waals surface area contributed by atoms with Crippen LogP contribution in [-0.2, 0) is 16.1 Å². The maximum Gasteiger partial charge on any atom is 0.219 e. The van der Waals surface area contributed by atoms with Crippen LogP contribution in [-0.4, -0.2) is 29.6 Å². The second-order valence-corrected chi connectivity index (χ2v) is 7.82. The molecule has 0 N–H and O–H groups in total. The number of amides is 1. The van der Waals surface area contributed by atoms with Gasteiger partial charge in [0.2, 0.25) is 5.91 Å². The lowest BCUT2D eigenvalue weighted by molar-refractivity contribution is -0.134. The minimum atomic E-state index is -0.0788. The molecule has 0 saturated carbocycles. The zero-order valence-corrected chi connectivity index (χ0v) is 15.2. The molecule has 1 aromatic heterocycles. The van der Waals surface area contributed by atoms with Gasteiger partial charge in [0.1, 0.15) is 5.76 Å². The lowest BCUT2D eigenvalue weighted by Gasteiger charge is -2.48. The van der Waals surface area contributed by atoms with Gasteiger partial charge >= 0.3 is 0 Å². The minimum Gasteiger partial charge on any atom is -0.467 e. The van der Waals surface area contributed by atoms with E-state index in [4.69, 9.17) is 9.15 Å². The monoisotopic (exact) mass is 321 g/mol. The Morgan fingerprint density at radius 1 is 1.39 bits per heavy atom. The molecule has 2 heterocycles. The van der Waals surface area contributed by atoms with Gasteiger partial charge in [0, 0.05) is 20.1 Å². The summed E-state index contributed by atoms with van der Waals surface area (Å²) in [7, 11) is 0. The molecule has 0 spiro atoms. The summed E-state index contributed by atoms with van der Waals surface area (Å²) in [5, 5.41) is 0. The highest BCUT2D eigenvalue weighted by molar-refractivity contribution is 5.73. The van der Waals surface area contributed by atoms with Crippen molar-refractivity contribution < 1.29 is 13.9 Å². The Hall–Kier alpha value is -1.29. The summed E-state index contributed by atoms with van der Waals surface area (Å²) in [6.45, 7) is 12.7. The SMILES string of the molecule is CC(=O)N(CC[C@@]1(C(C)C)CCOC(C)(C)C1)Cc1ccco1. The molecule has 1 saturated heterocycles. The molecule has 23 heavy (non-hydrogen) atoms. The zero-order valence-electron chi connectivity index (χ0n) is 15.2.